The number of rotatable bonds is 11. The van der Waals surface area contributed by atoms with Gasteiger partial charge >= 0.3 is 0 Å². The molecule has 0 heterocycles. The highest BCUT2D eigenvalue weighted by Gasteiger charge is 2.34. The van der Waals surface area contributed by atoms with E-state index in [2.05, 4.69) is 5.32 Å². The molecule has 1 N–H and O–H groups in total. The second-order valence-corrected chi connectivity index (χ2v) is 11.7. The number of hydrogen-bond donors (Lipinski definition) is 1. The summed E-state index contributed by atoms with van der Waals surface area (Å²) in [5, 5.41) is 3.64. The van der Waals surface area contributed by atoms with Gasteiger partial charge in [0.1, 0.15) is 12.6 Å². The Kier molecular flexibility index (Phi) is 10.2. The molecule has 10 heteroatoms. The van der Waals surface area contributed by atoms with E-state index >= 15 is 0 Å². The van der Waals surface area contributed by atoms with E-state index in [1.807, 2.05) is 13.8 Å². The van der Waals surface area contributed by atoms with Crippen molar-refractivity contribution in [3.05, 3.63) is 94.5 Å². The number of benzene rings is 3. The average Bonchev–Trinajstić information content (AvgIpc) is 2.88. The zero-order valence-electron chi connectivity index (χ0n) is 21.5. The number of nitrogens with zero attached hydrogens (tertiary/aromatic N) is 2. The summed E-state index contributed by atoms with van der Waals surface area (Å²) in [6, 6.07) is 20.2. The maximum absolute atomic E-state index is 13.9. The minimum absolute atomic E-state index is 0.00707. The Labute approximate surface area is 234 Å². The Morgan fingerprint density at radius 1 is 0.921 bits per heavy atom. The topological polar surface area (TPSA) is 86.8 Å². The maximum Gasteiger partial charge on any atom is 0.264 e. The zero-order valence-corrected chi connectivity index (χ0v) is 23.8. The molecule has 202 valence electrons. The van der Waals surface area contributed by atoms with Gasteiger partial charge in [-0.3, -0.25) is 13.9 Å². The van der Waals surface area contributed by atoms with Gasteiger partial charge < -0.3 is 10.2 Å². The number of amides is 2. The van der Waals surface area contributed by atoms with Crippen molar-refractivity contribution in [2.45, 2.75) is 50.7 Å². The Bertz CT molecular complexity index is 1350. The fraction of sp³-hybridized carbons (Fsp3) is 0.286. The van der Waals surface area contributed by atoms with Gasteiger partial charge in [-0.2, -0.15) is 0 Å². The minimum Gasteiger partial charge on any atom is -0.352 e. The number of hydrogen-bond acceptors (Lipinski definition) is 4. The van der Waals surface area contributed by atoms with Gasteiger partial charge in [0.2, 0.25) is 11.8 Å². The normalized spacial score (nSPS) is 12.2. The van der Waals surface area contributed by atoms with Gasteiger partial charge in [0.25, 0.3) is 10.0 Å². The SMILES string of the molecule is CC[C@H](C(=O)NC(C)C)N(Cc1ccc(Cl)cc1Cl)C(=O)CN(c1ccccc1)S(=O)(=O)c1ccccc1. The molecule has 0 fully saturated rings. The Balaban J connectivity index is 2.05. The fourth-order valence-electron chi connectivity index (χ4n) is 3.98. The van der Waals surface area contributed by atoms with Crippen molar-refractivity contribution in [3.63, 3.8) is 0 Å². The molecular formula is C28H31Cl2N3O4S. The molecule has 3 aromatic rings. The van der Waals surface area contributed by atoms with Crippen LogP contribution in [0.4, 0.5) is 5.69 Å². The predicted octanol–water partition coefficient (Wildman–Crippen LogP) is 5.52. The van der Waals surface area contributed by atoms with E-state index in [0.29, 0.717) is 27.7 Å². The van der Waals surface area contributed by atoms with Crippen molar-refractivity contribution in [2.75, 3.05) is 10.8 Å². The van der Waals surface area contributed by atoms with Gasteiger partial charge in [-0.05, 0) is 62.2 Å². The van der Waals surface area contributed by atoms with Crippen LogP contribution in [0.1, 0.15) is 32.8 Å². The highest BCUT2D eigenvalue weighted by atomic mass is 35.5. The number of sulfonamides is 1. The van der Waals surface area contributed by atoms with Crippen molar-refractivity contribution >= 4 is 50.7 Å². The molecular weight excluding hydrogens is 545 g/mol. The van der Waals surface area contributed by atoms with Crippen LogP contribution in [0, 0.1) is 0 Å². The lowest BCUT2D eigenvalue weighted by molar-refractivity contribution is -0.140. The van der Waals surface area contributed by atoms with Crippen molar-refractivity contribution in [1.82, 2.24) is 10.2 Å². The molecule has 0 spiro atoms. The van der Waals surface area contributed by atoms with Gasteiger partial charge in [0.05, 0.1) is 10.6 Å². The highest BCUT2D eigenvalue weighted by Crippen LogP contribution is 2.26. The molecule has 1 atom stereocenters. The predicted molar refractivity (Wildman–Crippen MR) is 152 cm³/mol. The summed E-state index contributed by atoms with van der Waals surface area (Å²) in [5.74, 6) is -0.886. The largest absolute Gasteiger partial charge is 0.352 e. The summed E-state index contributed by atoms with van der Waals surface area (Å²) in [7, 11) is -4.10. The number of para-hydroxylation sites is 1. The lowest BCUT2D eigenvalue weighted by atomic mass is 10.1. The van der Waals surface area contributed by atoms with Crippen LogP contribution in [-0.4, -0.2) is 43.8 Å². The van der Waals surface area contributed by atoms with Gasteiger partial charge in [-0.25, -0.2) is 8.42 Å². The van der Waals surface area contributed by atoms with Gasteiger partial charge in [-0.15, -0.1) is 0 Å². The van der Waals surface area contributed by atoms with Crippen LogP contribution < -0.4 is 9.62 Å². The lowest BCUT2D eigenvalue weighted by Crippen LogP contribution is -2.53. The average molecular weight is 577 g/mol. The minimum atomic E-state index is -4.10. The molecule has 7 nitrogen and oxygen atoms in total. The number of anilines is 1. The van der Waals surface area contributed by atoms with Crippen molar-refractivity contribution in [1.29, 1.82) is 0 Å². The van der Waals surface area contributed by atoms with E-state index in [9.17, 15) is 18.0 Å². The molecule has 2 amide bonds. The molecule has 0 radical (unpaired) electrons. The fourth-order valence-corrected chi connectivity index (χ4v) is 5.88. The molecule has 0 unspecified atom stereocenters. The molecule has 0 aliphatic heterocycles. The third-order valence-electron chi connectivity index (χ3n) is 5.83. The smallest absolute Gasteiger partial charge is 0.264 e. The first-order valence-corrected chi connectivity index (χ1v) is 14.4. The Morgan fingerprint density at radius 3 is 2.08 bits per heavy atom. The molecule has 0 bridgehead atoms. The summed E-state index contributed by atoms with van der Waals surface area (Å²) >= 11 is 12.5. The van der Waals surface area contributed by atoms with E-state index < -0.39 is 28.5 Å². The third-order valence-corrected chi connectivity index (χ3v) is 8.20. The van der Waals surface area contributed by atoms with E-state index in [0.717, 1.165) is 4.31 Å². The third kappa shape index (κ3) is 7.28. The summed E-state index contributed by atoms with van der Waals surface area (Å²) in [4.78, 5) is 28.5. The van der Waals surface area contributed by atoms with Crippen LogP contribution in [0.5, 0.6) is 0 Å². The molecule has 0 aromatic heterocycles. The van der Waals surface area contributed by atoms with Gasteiger partial charge in [0.15, 0.2) is 0 Å². The number of carbonyl (C=O) groups excluding carboxylic acids is 2. The number of carbonyl (C=O) groups is 2. The number of nitrogens with one attached hydrogen (secondary N) is 1. The monoisotopic (exact) mass is 575 g/mol. The van der Waals surface area contributed by atoms with Crippen LogP contribution >= 0.6 is 23.2 Å². The van der Waals surface area contributed by atoms with Crippen LogP contribution in [0.25, 0.3) is 0 Å². The zero-order chi connectivity index (χ0) is 27.9. The maximum atomic E-state index is 13.9. The molecule has 0 saturated heterocycles. The van der Waals surface area contributed by atoms with E-state index in [1.54, 1.807) is 73.7 Å². The molecule has 0 saturated carbocycles. The quantitative estimate of drug-likeness (QED) is 0.326. The first-order chi connectivity index (χ1) is 18.0. The standard InChI is InChI=1S/C28H31Cl2N3O4S/c1-4-26(28(35)31-20(2)3)32(18-21-15-16-22(29)17-25(21)30)27(34)19-33(23-11-7-5-8-12-23)38(36,37)24-13-9-6-10-14-24/h5-17,20,26H,4,18-19H2,1-3H3,(H,31,35)/t26-/m1/s1. The number of halogens is 2. The Morgan fingerprint density at radius 2 is 1.53 bits per heavy atom. The second kappa shape index (κ2) is 13.1. The Hall–Kier alpha value is -3.07. The highest BCUT2D eigenvalue weighted by molar-refractivity contribution is 7.92. The van der Waals surface area contributed by atoms with Crippen molar-refractivity contribution in [3.8, 4) is 0 Å². The van der Waals surface area contributed by atoms with Gasteiger partial charge in [0, 0.05) is 22.6 Å². The van der Waals surface area contributed by atoms with Crippen molar-refractivity contribution in [2.24, 2.45) is 0 Å². The van der Waals surface area contributed by atoms with Crippen LogP contribution in [0.15, 0.2) is 83.8 Å². The van der Waals surface area contributed by atoms with Gasteiger partial charge in [-0.1, -0.05) is 72.6 Å². The molecule has 0 aliphatic rings. The summed E-state index contributed by atoms with van der Waals surface area (Å²) in [6.07, 6.45) is 0.312. The molecule has 3 aromatic carbocycles. The van der Waals surface area contributed by atoms with E-state index in [1.165, 1.54) is 17.0 Å². The van der Waals surface area contributed by atoms with E-state index in [-0.39, 0.29) is 23.4 Å². The first-order valence-electron chi connectivity index (χ1n) is 12.2. The summed E-state index contributed by atoms with van der Waals surface area (Å²) < 4.78 is 28.5. The molecule has 3 rings (SSSR count). The second-order valence-electron chi connectivity index (χ2n) is 9.00. The van der Waals surface area contributed by atoms with Crippen LogP contribution in [0.3, 0.4) is 0 Å². The van der Waals surface area contributed by atoms with Crippen molar-refractivity contribution < 1.29 is 18.0 Å². The molecule has 0 aliphatic carbocycles. The van der Waals surface area contributed by atoms with Crippen LogP contribution in [0.2, 0.25) is 10.0 Å². The molecule has 38 heavy (non-hydrogen) atoms. The van der Waals surface area contributed by atoms with E-state index in [4.69, 9.17) is 23.2 Å². The van der Waals surface area contributed by atoms with Crippen LogP contribution in [-0.2, 0) is 26.2 Å². The summed E-state index contributed by atoms with van der Waals surface area (Å²) in [6.45, 7) is 4.93. The first kappa shape index (κ1) is 29.5. The summed E-state index contributed by atoms with van der Waals surface area (Å²) in [5.41, 5.74) is 0.909. The lowest BCUT2D eigenvalue weighted by Gasteiger charge is -2.33.